The van der Waals surface area contributed by atoms with Crippen LogP contribution in [0.3, 0.4) is 0 Å². The number of piperidine rings is 1. The van der Waals surface area contributed by atoms with Gasteiger partial charge in [-0.15, -0.1) is 0 Å². The molecule has 0 saturated carbocycles. The molecule has 0 spiro atoms. The van der Waals surface area contributed by atoms with E-state index in [4.69, 9.17) is 9.47 Å². The standard InChI is InChI=1S/C23H27NO4/c1-16-8-17(2)10-19(9-16)23(26)11-20-14-27-15-21(12-23)24(20)22(25)28-13-18-6-4-3-5-7-18/h3-10,20-21,26H,11-15H2,1-2H3. The van der Waals surface area contributed by atoms with Crippen molar-refractivity contribution in [1.29, 1.82) is 0 Å². The van der Waals surface area contributed by atoms with Crippen LogP contribution in [0.2, 0.25) is 0 Å². The van der Waals surface area contributed by atoms with E-state index in [9.17, 15) is 9.90 Å². The average molecular weight is 381 g/mol. The lowest BCUT2D eigenvalue weighted by atomic mass is 9.76. The van der Waals surface area contributed by atoms with Crippen molar-refractivity contribution in [2.24, 2.45) is 0 Å². The van der Waals surface area contributed by atoms with Crippen LogP contribution in [0, 0.1) is 13.8 Å². The number of fused-ring (bicyclic) bond motifs is 2. The van der Waals surface area contributed by atoms with Gasteiger partial charge in [0.05, 0.1) is 30.9 Å². The summed E-state index contributed by atoms with van der Waals surface area (Å²) >= 11 is 0. The van der Waals surface area contributed by atoms with E-state index >= 15 is 0 Å². The van der Waals surface area contributed by atoms with E-state index in [-0.39, 0.29) is 24.8 Å². The number of hydrogen-bond acceptors (Lipinski definition) is 4. The summed E-state index contributed by atoms with van der Waals surface area (Å²) in [6, 6.07) is 15.5. The zero-order valence-corrected chi connectivity index (χ0v) is 16.4. The normalized spacial score (nSPS) is 26.8. The number of aryl methyl sites for hydroxylation is 2. The van der Waals surface area contributed by atoms with Crippen LogP contribution in [0.1, 0.15) is 35.1 Å². The fourth-order valence-corrected chi connectivity index (χ4v) is 4.55. The summed E-state index contributed by atoms with van der Waals surface area (Å²) in [5, 5.41) is 11.5. The van der Waals surface area contributed by atoms with Crippen molar-refractivity contribution >= 4 is 6.09 Å². The van der Waals surface area contributed by atoms with Gasteiger partial charge in [-0.05, 0) is 25.0 Å². The lowest BCUT2D eigenvalue weighted by molar-refractivity contribution is -0.137. The van der Waals surface area contributed by atoms with Gasteiger partial charge in [0.2, 0.25) is 0 Å². The largest absolute Gasteiger partial charge is 0.445 e. The summed E-state index contributed by atoms with van der Waals surface area (Å²) in [5.74, 6) is 0. The van der Waals surface area contributed by atoms with E-state index in [1.807, 2.05) is 56.3 Å². The second-order valence-electron chi connectivity index (χ2n) is 8.11. The van der Waals surface area contributed by atoms with Crippen LogP contribution < -0.4 is 0 Å². The fourth-order valence-electron chi connectivity index (χ4n) is 4.55. The van der Waals surface area contributed by atoms with Crippen LogP contribution in [-0.4, -0.2) is 41.4 Å². The lowest BCUT2D eigenvalue weighted by Gasteiger charge is -2.51. The summed E-state index contributed by atoms with van der Waals surface area (Å²) < 4.78 is 11.3. The van der Waals surface area contributed by atoms with Crippen LogP contribution in [0.25, 0.3) is 0 Å². The Hall–Kier alpha value is -2.37. The van der Waals surface area contributed by atoms with Gasteiger partial charge in [-0.3, -0.25) is 4.90 Å². The van der Waals surface area contributed by atoms with Crippen molar-refractivity contribution in [1.82, 2.24) is 4.90 Å². The van der Waals surface area contributed by atoms with E-state index in [1.54, 1.807) is 4.90 Å². The van der Waals surface area contributed by atoms with Crippen LogP contribution >= 0.6 is 0 Å². The van der Waals surface area contributed by atoms with Crippen LogP contribution in [0.4, 0.5) is 4.79 Å². The Balaban J connectivity index is 1.51. The molecule has 2 bridgehead atoms. The molecule has 28 heavy (non-hydrogen) atoms. The van der Waals surface area contributed by atoms with Gasteiger partial charge >= 0.3 is 6.09 Å². The van der Waals surface area contributed by atoms with Gasteiger partial charge in [0.1, 0.15) is 6.61 Å². The summed E-state index contributed by atoms with van der Waals surface area (Å²) in [6.45, 7) is 5.17. The molecule has 2 unspecified atom stereocenters. The van der Waals surface area contributed by atoms with Crippen LogP contribution in [0.15, 0.2) is 48.5 Å². The molecule has 2 aromatic carbocycles. The number of aliphatic hydroxyl groups is 1. The minimum absolute atomic E-state index is 0.193. The van der Waals surface area contributed by atoms with E-state index in [0.29, 0.717) is 26.1 Å². The van der Waals surface area contributed by atoms with Gasteiger partial charge in [0.15, 0.2) is 0 Å². The number of amides is 1. The summed E-state index contributed by atoms with van der Waals surface area (Å²) in [6.07, 6.45) is 0.573. The predicted molar refractivity (Wildman–Crippen MR) is 106 cm³/mol. The van der Waals surface area contributed by atoms with Gasteiger partial charge in [-0.2, -0.15) is 0 Å². The van der Waals surface area contributed by atoms with Crippen molar-refractivity contribution < 1.29 is 19.4 Å². The first-order chi connectivity index (χ1) is 13.4. The molecule has 2 aliphatic rings. The van der Waals surface area contributed by atoms with Gasteiger partial charge in [0, 0.05) is 12.8 Å². The Morgan fingerprint density at radius 2 is 1.71 bits per heavy atom. The second kappa shape index (κ2) is 7.57. The molecule has 2 atom stereocenters. The SMILES string of the molecule is Cc1cc(C)cc(C2(O)CC3COCC(C2)N3C(=O)OCc2ccccc2)c1. The molecule has 0 aromatic heterocycles. The first kappa shape index (κ1) is 19.0. The molecule has 2 aliphatic heterocycles. The predicted octanol–water partition coefficient (Wildman–Crippen LogP) is 3.69. The topological polar surface area (TPSA) is 59.0 Å². The zero-order chi connectivity index (χ0) is 19.7. The number of nitrogens with zero attached hydrogens (tertiary/aromatic N) is 1. The lowest BCUT2D eigenvalue weighted by Crippen LogP contribution is -2.62. The van der Waals surface area contributed by atoms with Crippen molar-refractivity contribution in [3.8, 4) is 0 Å². The van der Waals surface area contributed by atoms with E-state index in [2.05, 4.69) is 6.07 Å². The first-order valence-electron chi connectivity index (χ1n) is 9.82. The molecular weight excluding hydrogens is 354 g/mol. The highest BCUT2D eigenvalue weighted by Gasteiger charge is 2.49. The minimum atomic E-state index is -0.952. The second-order valence-corrected chi connectivity index (χ2v) is 8.11. The van der Waals surface area contributed by atoms with Gasteiger partial charge in [-0.1, -0.05) is 59.7 Å². The average Bonchev–Trinajstić information content (AvgIpc) is 2.65. The highest BCUT2D eigenvalue weighted by Crippen LogP contribution is 2.41. The highest BCUT2D eigenvalue weighted by molar-refractivity contribution is 5.69. The minimum Gasteiger partial charge on any atom is -0.445 e. The Kier molecular flexibility index (Phi) is 5.13. The van der Waals surface area contributed by atoms with Gasteiger partial charge in [0.25, 0.3) is 0 Å². The quantitative estimate of drug-likeness (QED) is 0.881. The maximum absolute atomic E-state index is 12.8. The fraction of sp³-hybridized carbons (Fsp3) is 0.435. The van der Waals surface area contributed by atoms with Gasteiger partial charge in [-0.25, -0.2) is 4.79 Å². The molecule has 148 valence electrons. The van der Waals surface area contributed by atoms with E-state index in [0.717, 1.165) is 22.3 Å². The molecule has 1 amide bonds. The molecule has 2 saturated heterocycles. The first-order valence-corrected chi connectivity index (χ1v) is 9.82. The highest BCUT2D eigenvalue weighted by atomic mass is 16.6. The number of benzene rings is 2. The summed E-state index contributed by atoms with van der Waals surface area (Å²) in [5.41, 5.74) is 3.20. The third kappa shape index (κ3) is 3.77. The maximum Gasteiger partial charge on any atom is 0.410 e. The molecule has 4 rings (SSSR count). The third-order valence-corrected chi connectivity index (χ3v) is 5.73. The third-order valence-electron chi connectivity index (χ3n) is 5.73. The molecule has 0 aliphatic carbocycles. The van der Waals surface area contributed by atoms with Crippen molar-refractivity contribution in [2.75, 3.05) is 13.2 Å². The van der Waals surface area contributed by atoms with Crippen LogP contribution in [0.5, 0.6) is 0 Å². The van der Waals surface area contributed by atoms with Crippen molar-refractivity contribution in [3.63, 3.8) is 0 Å². The molecule has 2 fully saturated rings. The molecule has 1 N–H and O–H groups in total. The zero-order valence-electron chi connectivity index (χ0n) is 16.4. The number of morpholine rings is 1. The molecule has 2 aromatic rings. The summed E-state index contributed by atoms with van der Waals surface area (Å²) in [4.78, 5) is 14.6. The molecule has 5 heteroatoms. The van der Waals surface area contributed by atoms with E-state index < -0.39 is 5.60 Å². The molecule has 5 nitrogen and oxygen atoms in total. The number of carbonyl (C=O) groups is 1. The Morgan fingerprint density at radius 1 is 1.11 bits per heavy atom. The molecule has 2 heterocycles. The summed E-state index contributed by atoms with van der Waals surface area (Å²) in [7, 11) is 0. The Bertz CT molecular complexity index is 817. The molecule has 0 radical (unpaired) electrons. The van der Waals surface area contributed by atoms with Gasteiger partial charge < -0.3 is 14.6 Å². The Labute approximate surface area is 165 Å². The number of rotatable bonds is 3. The number of hydrogen-bond donors (Lipinski definition) is 1. The number of ether oxygens (including phenoxy) is 2. The molecular formula is C23H27NO4. The smallest absolute Gasteiger partial charge is 0.410 e. The number of carbonyl (C=O) groups excluding carboxylic acids is 1. The Morgan fingerprint density at radius 3 is 2.32 bits per heavy atom. The monoisotopic (exact) mass is 381 g/mol. The maximum atomic E-state index is 12.8. The van der Waals surface area contributed by atoms with Crippen molar-refractivity contribution in [2.45, 2.75) is 51.0 Å². The van der Waals surface area contributed by atoms with Crippen molar-refractivity contribution in [3.05, 3.63) is 70.8 Å². The van der Waals surface area contributed by atoms with Crippen LogP contribution in [-0.2, 0) is 21.7 Å². The van der Waals surface area contributed by atoms with E-state index in [1.165, 1.54) is 0 Å².